The van der Waals surface area contributed by atoms with Gasteiger partial charge < -0.3 is 5.32 Å². The molecule has 0 saturated heterocycles. The minimum atomic E-state index is -0.268. The van der Waals surface area contributed by atoms with Crippen LogP contribution >= 0.6 is 38.5 Å². The smallest absolute Gasteiger partial charge is 0.322 e. The predicted octanol–water partition coefficient (Wildman–Crippen LogP) is 2.51. The second-order valence-corrected chi connectivity index (χ2v) is 6.55. The van der Waals surface area contributed by atoms with Gasteiger partial charge in [0, 0.05) is 11.5 Å². The molecule has 0 saturated carbocycles. The van der Waals surface area contributed by atoms with Gasteiger partial charge in [-0.15, -0.1) is 0 Å². The first-order valence-corrected chi connectivity index (χ1v) is 6.24. The van der Waals surface area contributed by atoms with Gasteiger partial charge in [-0.3, -0.25) is 0 Å². The Morgan fingerprint density at radius 2 is 2.43 bits per heavy atom. The normalized spacial score (nSPS) is 11.4. The number of amides is 1. The van der Waals surface area contributed by atoms with Crippen molar-refractivity contribution in [2.24, 2.45) is 0 Å². The second kappa shape index (κ2) is 4.61. The Morgan fingerprint density at radius 3 is 2.86 bits per heavy atom. The standard InChI is InChI=1S/C8H11BrIN3O/c1-8(2,10)11-7(14)13-4-3-6(5-9)12-13/h3-4H,5H2,1-2H3,(H,11,14). The summed E-state index contributed by atoms with van der Waals surface area (Å²) < 4.78 is 1.03. The van der Waals surface area contributed by atoms with Crippen molar-refractivity contribution in [3.8, 4) is 0 Å². The van der Waals surface area contributed by atoms with Crippen molar-refractivity contribution in [2.45, 2.75) is 22.7 Å². The van der Waals surface area contributed by atoms with E-state index in [-0.39, 0.29) is 9.58 Å². The Morgan fingerprint density at radius 1 is 1.79 bits per heavy atom. The molecule has 0 bridgehead atoms. The Labute approximate surface area is 105 Å². The zero-order valence-corrected chi connectivity index (χ0v) is 11.7. The van der Waals surface area contributed by atoms with Gasteiger partial charge in [-0.2, -0.15) is 9.78 Å². The molecule has 4 nitrogen and oxygen atoms in total. The van der Waals surface area contributed by atoms with Gasteiger partial charge >= 0.3 is 6.03 Å². The lowest BCUT2D eigenvalue weighted by Crippen LogP contribution is -2.40. The van der Waals surface area contributed by atoms with E-state index in [1.165, 1.54) is 4.68 Å². The number of nitrogens with one attached hydrogen (secondary N) is 1. The molecule has 0 atom stereocenters. The van der Waals surface area contributed by atoms with Crippen LogP contribution in [0.25, 0.3) is 0 Å². The van der Waals surface area contributed by atoms with Crippen molar-refractivity contribution in [3.63, 3.8) is 0 Å². The highest BCUT2D eigenvalue weighted by Gasteiger charge is 2.17. The molecular weight excluding hydrogens is 361 g/mol. The lowest BCUT2D eigenvalue weighted by molar-refractivity contribution is 0.236. The highest BCUT2D eigenvalue weighted by Crippen LogP contribution is 2.12. The van der Waals surface area contributed by atoms with E-state index in [2.05, 4.69) is 48.9 Å². The summed E-state index contributed by atoms with van der Waals surface area (Å²) in [7, 11) is 0. The molecule has 1 amide bonds. The van der Waals surface area contributed by atoms with Gasteiger partial charge in [0.1, 0.15) is 0 Å². The fourth-order valence-electron chi connectivity index (χ4n) is 0.858. The number of carbonyl (C=O) groups is 1. The topological polar surface area (TPSA) is 46.9 Å². The van der Waals surface area contributed by atoms with Crippen LogP contribution in [-0.2, 0) is 5.33 Å². The number of carbonyl (C=O) groups excluding carboxylic acids is 1. The number of hydrogen-bond acceptors (Lipinski definition) is 2. The van der Waals surface area contributed by atoms with Crippen LogP contribution < -0.4 is 5.32 Å². The Kier molecular flexibility index (Phi) is 3.94. The third-order valence-corrected chi connectivity index (χ3v) is 2.24. The van der Waals surface area contributed by atoms with Crippen LogP contribution in [0.1, 0.15) is 19.5 Å². The molecular formula is C8H11BrIN3O. The third kappa shape index (κ3) is 3.56. The van der Waals surface area contributed by atoms with Crippen LogP contribution in [0.3, 0.4) is 0 Å². The highest BCUT2D eigenvalue weighted by atomic mass is 127. The van der Waals surface area contributed by atoms with Crippen molar-refractivity contribution >= 4 is 44.6 Å². The van der Waals surface area contributed by atoms with Crippen molar-refractivity contribution < 1.29 is 4.79 Å². The maximum atomic E-state index is 11.6. The van der Waals surface area contributed by atoms with E-state index >= 15 is 0 Å². The van der Waals surface area contributed by atoms with E-state index in [0.717, 1.165) is 5.69 Å². The van der Waals surface area contributed by atoms with Gasteiger partial charge in [-0.1, -0.05) is 38.5 Å². The van der Waals surface area contributed by atoms with E-state index < -0.39 is 0 Å². The van der Waals surface area contributed by atoms with Gasteiger partial charge in [0.25, 0.3) is 0 Å². The van der Waals surface area contributed by atoms with Crippen LogP contribution in [0, 0.1) is 0 Å². The largest absolute Gasteiger partial charge is 0.343 e. The zero-order valence-electron chi connectivity index (χ0n) is 7.92. The number of alkyl halides is 2. The van der Waals surface area contributed by atoms with Crippen molar-refractivity contribution in [2.75, 3.05) is 0 Å². The molecule has 0 radical (unpaired) electrons. The predicted molar refractivity (Wildman–Crippen MR) is 66.9 cm³/mol. The van der Waals surface area contributed by atoms with Crippen molar-refractivity contribution in [1.82, 2.24) is 15.1 Å². The van der Waals surface area contributed by atoms with Gasteiger partial charge in [0.05, 0.1) is 9.24 Å². The van der Waals surface area contributed by atoms with Crippen LogP contribution in [-0.4, -0.2) is 19.4 Å². The van der Waals surface area contributed by atoms with E-state index in [9.17, 15) is 4.79 Å². The summed E-state index contributed by atoms with van der Waals surface area (Å²) in [5, 5.41) is 7.53. The fraction of sp³-hybridized carbons (Fsp3) is 0.500. The average molecular weight is 372 g/mol. The summed E-state index contributed by atoms with van der Waals surface area (Å²) in [5.41, 5.74) is 0.839. The first-order chi connectivity index (χ1) is 6.42. The van der Waals surface area contributed by atoms with E-state index in [1.807, 2.05) is 13.8 Å². The molecule has 1 aromatic heterocycles. The van der Waals surface area contributed by atoms with Crippen LogP contribution in [0.5, 0.6) is 0 Å². The Balaban J connectivity index is 2.70. The summed E-state index contributed by atoms with van der Waals surface area (Å²) in [4.78, 5) is 11.6. The fourth-order valence-corrected chi connectivity index (χ4v) is 1.39. The monoisotopic (exact) mass is 371 g/mol. The minimum absolute atomic E-state index is 0.211. The van der Waals surface area contributed by atoms with Crippen LogP contribution in [0.2, 0.25) is 0 Å². The molecule has 1 aromatic rings. The quantitative estimate of drug-likeness (QED) is 0.493. The Hall–Kier alpha value is -0.110. The molecule has 78 valence electrons. The molecule has 14 heavy (non-hydrogen) atoms. The lowest BCUT2D eigenvalue weighted by atomic mass is 10.4. The number of rotatable bonds is 2. The summed E-state index contributed by atoms with van der Waals surface area (Å²) >= 11 is 5.42. The molecule has 6 heteroatoms. The molecule has 0 unspecified atom stereocenters. The lowest BCUT2D eigenvalue weighted by Gasteiger charge is -2.17. The van der Waals surface area contributed by atoms with Crippen LogP contribution in [0.15, 0.2) is 12.3 Å². The van der Waals surface area contributed by atoms with E-state index in [0.29, 0.717) is 5.33 Å². The number of hydrogen-bond donors (Lipinski definition) is 1. The molecule has 1 rings (SSSR count). The summed E-state index contributed by atoms with van der Waals surface area (Å²) in [6, 6.07) is 1.59. The molecule has 1 N–H and O–H groups in total. The molecule has 0 aliphatic heterocycles. The van der Waals surface area contributed by atoms with E-state index in [4.69, 9.17) is 0 Å². The highest BCUT2D eigenvalue weighted by molar-refractivity contribution is 14.1. The maximum Gasteiger partial charge on any atom is 0.343 e. The third-order valence-electron chi connectivity index (χ3n) is 1.39. The maximum absolute atomic E-state index is 11.6. The first kappa shape index (κ1) is 12.0. The van der Waals surface area contributed by atoms with E-state index in [1.54, 1.807) is 12.3 Å². The number of nitrogens with zero attached hydrogens (tertiary/aromatic N) is 2. The minimum Gasteiger partial charge on any atom is -0.322 e. The molecule has 0 spiro atoms. The molecule has 0 aliphatic rings. The number of aromatic nitrogens is 2. The number of halogens is 2. The second-order valence-electron chi connectivity index (χ2n) is 3.29. The van der Waals surface area contributed by atoms with Gasteiger partial charge in [-0.05, 0) is 19.9 Å². The molecule has 0 aliphatic carbocycles. The molecule has 1 heterocycles. The molecule has 0 aromatic carbocycles. The van der Waals surface area contributed by atoms with Crippen molar-refractivity contribution in [3.05, 3.63) is 18.0 Å². The average Bonchev–Trinajstić information content (AvgIpc) is 2.48. The first-order valence-electron chi connectivity index (χ1n) is 4.04. The van der Waals surface area contributed by atoms with Gasteiger partial charge in [0.15, 0.2) is 0 Å². The Bertz CT molecular complexity index is 332. The SMILES string of the molecule is CC(C)(I)NC(=O)n1ccc(CBr)n1. The van der Waals surface area contributed by atoms with Crippen molar-refractivity contribution in [1.29, 1.82) is 0 Å². The summed E-state index contributed by atoms with van der Waals surface area (Å²) in [5.74, 6) is 0. The summed E-state index contributed by atoms with van der Waals surface area (Å²) in [6.45, 7) is 3.83. The summed E-state index contributed by atoms with van der Waals surface area (Å²) in [6.07, 6.45) is 1.65. The van der Waals surface area contributed by atoms with Crippen LogP contribution in [0.4, 0.5) is 4.79 Å². The zero-order chi connectivity index (χ0) is 10.8. The van der Waals surface area contributed by atoms with Gasteiger partial charge in [0.2, 0.25) is 0 Å². The molecule has 0 fully saturated rings. The van der Waals surface area contributed by atoms with Gasteiger partial charge in [-0.25, -0.2) is 4.79 Å².